The minimum Gasteiger partial charge on any atom is -0.508 e. The molecule has 3 unspecified atom stereocenters. The largest absolute Gasteiger partial charge is 0.508 e. The zero-order valence-electron chi connectivity index (χ0n) is 21.6. The first-order valence-electron chi connectivity index (χ1n) is 12.1. The minimum absolute atomic E-state index is 0.268. The molecule has 34 heavy (non-hydrogen) atoms. The van der Waals surface area contributed by atoms with Gasteiger partial charge in [0.25, 0.3) is 0 Å². The number of hydrogen-bond donors (Lipinski definition) is 1. The fraction of sp³-hybridized carbons (Fsp3) is 0.536. The van der Waals surface area contributed by atoms with Gasteiger partial charge in [0.2, 0.25) is 0 Å². The second kappa shape index (κ2) is 17.0. The monoisotopic (exact) mass is 474 g/mol. The highest BCUT2D eigenvalue weighted by molar-refractivity contribution is 5.65. The number of carbonyl (C=O) groups is 1. The van der Waals surface area contributed by atoms with Crippen molar-refractivity contribution in [1.82, 2.24) is 0 Å². The van der Waals surface area contributed by atoms with Crippen LogP contribution in [0.25, 0.3) is 0 Å². The lowest BCUT2D eigenvalue weighted by Crippen LogP contribution is -2.19. The Morgan fingerprint density at radius 3 is 1.79 bits per heavy atom. The Balaban J connectivity index is 0.000000437. The van der Waals surface area contributed by atoms with E-state index in [9.17, 15) is 4.79 Å². The molecule has 0 aromatic heterocycles. The van der Waals surface area contributed by atoms with Crippen LogP contribution in [-0.4, -0.2) is 43.8 Å². The van der Waals surface area contributed by atoms with E-state index < -0.39 is 0 Å². The maximum absolute atomic E-state index is 10.6. The van der Waals surface area contributed by atoms with E-state index >= 15 is 0 Å². The predicted molar refractivity (Wildman–Crippen MR) is 135 cm³/mol. The summed E-state index contributed by atoms with van der Waals surface area (Å²) in [4.78, 5) is 10.6. The van der Waals surface area contributed by atoms with Crippen molar-refractivity contribution in [1.29, 1.82) is 0 Å². The van der Waals surface area contributed by atoms with Gasteiger partial charge in [0.15, 0.2) is 6.29 Å². The molecule has 1 N–H and O–H groups in total. The third-order valence-electron chi connectivity index (χ3n) is 5.55. The van der Waals surface area contributed by atoms with E-state index in [1.165, 1.54) is 18.1 Å². The molecule has 2 aromatic carbocycles. The Morgan fingerprint density at radius 2 is 1.29 bits per heavy atom. The molecule has 0 aliphatic heterocycles. The number of phenolic OH excluding ortho intramolecular Hbond substituents is 1. The topological polar surface area (TPSA) is 74.2 Å². The summed E-state index contributed by atoms with van der Waals surface area (Å²) in [7, 11) is 0. The third kappa shape index (κ3) is 12.6. The first kappa shape index (κ1) is 29.5. The molecule has 0 bridgehead atoms. The fourth-order valence-electron chi connectivity index (χ4n) is 2.99. The highest BCUT2D eigenvalue weighted by Gasteiger charge is 2.06. The van der Waals surface area contributed by atoms with Gasteiger partial charge >= 0.3 is 5.97 Å². The zero-order chi connectivity index (χ0) is 25.3. The predicted octanol–water partition coefficient (Wildman–Crippen LogP) is 6.43. The second-order valence-corrected chi connectivity index (χ2v) is 8.29. The van der Waals surface area contributed by atoms with Crippen LogP contribution in [0.3, 0.4) is 0 Å². The summed E-state index contributed by atoms with van der Waals surface area (Å²) in [6, 6.07) is 15.5. The Kier molecular flexibility index (Phi) is 14.7. The molecule has 6 nitrogen and oxygen atoms in total. The van der Waals surface area contributed by atoms with Crippen molar-refractivity contribution in [2.45, 2.75) is 72.5 Å². The molecule has 6 heteroatoms. The lowest BCUT2D eigenvalue weighted by atomic mass is 9.99. The summed E-state index contributed by atoms with van der Waals surface area (Å²) in [5, 5.41) is 9.01. The van der Waals surface area contributed by atoms with E-state index in [1.54, 1.807) is 12.1 Å². The van der Waals surface area contributed by atoms with Gasteiger partial charge in [-0.3, -0.25) is 4.79 Å². The molecule has 2 aromatic rings. The number of ether oxygens (including phenoxy) is 4. The number of benzene rings is 2. The zero-order valence-corrected chi connectivity index (χ0v) is 21.6. The molecule has 0 spiro atoms. The first-order valence-corrected chi connectivity index (χ1v) is 12.1. The summed E-state index contributed by atoms with van der Waals surface area (Å²) in [6.45, 7) is 13.5. The van der Waals surface area contributed by atoms with Gasteiger partial charge < -0.3 is 24.1 Å². The van der Waals surface area contributed by atoms with Crippen molar-refractivity contribution in [3.8, 4) is 11.5 Å². The van der Waals surface area contributed by atoms with Crippen LogP contribution in [0, 0.1) is 0 Å². The van der Waals surface area contributed by atoms with E-state index in [0.717, 1.165) is 18.6 Å². The van der Waals surface area contributed by atoms with Crippen LogP contribution < -0.4 is 4.74 Å². The van der Waals surface area contributed by atoms with E-state index in [0.29, 0.717) is 37.4 Å². The van der Waals surface area contributed by atoms with Crippen molar-refractivity contribution in [3.05, 3.63) is 59.7 Å². The summed E-state index contributed by atoms with van der Waals surface area (Å²) in [6.07, 6.45) is 1.92. The van der Waals surface area contributed by atoms with Crippen LogP contribution in [0.2, 0.25) is 0 Å². The van der Waals surface area contributed by atoms with Crippen LogP contribution in [0.5, 0.6) is 11.5 Å². The summed E-state index contributed by atoms with van der Waals surface area (Å²) >= 11 is 0. The quantitative estimate of drug-likeness (QED) is 0.205. The van der Waals surface area contributed by atoms with Crippen LogP contribution in [-0.2, 0) is 19.0 Å². The molecule has 190 valence electrons. The fourth-order valence-corrected chi connectivity index (χ4v) is 2.99. The van der Waals surface area contributed by atoms with Crippen LogP contribution in [0.1, 0.15) is 77.3 Å². The average molecular weight is 475 g/mol. The van der Waals surface area contributed by atoms with Gasteiger partial charge in [0.05, 0.1) is 19.8 Å². The van der Waals surface area contributed by atoms with Crippen LogP contribution in [0.15, 0.2) is 48.5 Å². The normalized spacial score (nSPS) is 13.2. The van der Waals surface area contributed by atoms with Crippen molar-refractivity contribution >= 4 is 5.97 Å². The average Bonchev–Trinajstić information content (AvgIpc) is 2.83. The van der Waals surface area contributed by atoms with Gasteiger partial charge in [-0.25, -0.2) is 0 Å². The smallest absolute Gasteiger partial charge is 0.302 e. The molecule has 0 radical (unpaired) electrons. The Labute approximate surface area is 205 Å². The molecular formula is C28H42O6. The molecular weight excluding hydrogens is 432 g/mol. The maximum atomic E-state index is 10.6. The molecule has 0 fully saturated rings. The van der Waals surface area contributed by atoms with Gasteiger partial charge in [-0.15, -0.1) is 0 Å². The second-order valence-electron chi connectivity index (χ2n) is 8.29. The molecule has 0 heterocycles. The minimum atomic E-state index is -0.346. The summed E-state index contributed by atoms with van der Waals surface area (Å²) < 4.78 is 21.2. The molecule has 0 saturated carbocycles. The summed E-state index contributed by atoms with van der Waals surface area (Å²) in [5.41, 5.74) is 2.61. The standard InChI is InChI=1S/C18H28O5.C10H14O/c1-5-14(2)17-6-8-18(9-7-17)23-16(4)22-13-11-20-10-12-21-15(3)19;1-3-8(2)9-4-6-10(11)7-5-9/h6-9,14,16H,5,10-13H2,1-4H3;4-8,11H,3H2,1-2H3. The van der Waals surface area contributed by atoms with Crippen LogP contribution in [0.4, 0.5) is 0 Å². The number of esters is 1. The van der Waals surface area contributed by atoms with Crippen molar-refractivity contribution in [2.24, 2.45) is 0 Å². The van der Waals surface area contributed by atoms with E-state index in [1.807, 2.05) is 31.2 Å². The molecule has 2 rings (SSSR count). The van der Waals surface area contributed by atoms with Crippen molar-refractivity contribution < 1.29 is 28.8 Å². The molecule has 0 saturated heterocycles. The molecule has 3 atom stereocenters. The van der Waals surface area contributed by atoms with Crippen molar-refractivity contribution in [2.75, 3.05) is 26.4 Å². The van der Waals surface area contributed by atoms with Crippen LogP contribution >= 0.6 is 0 Å². The number of rotatable bonds is 13. The SMILES string of the molecule is CCC(C)c1ccc(O)cc1.CCC(C)c1ccc(OC(C)OCCOCCOC(C)=O)cc1. The van der Waals surface area contributed by atoms with E-state index in [2.05, 4.69) is 39.8 Å². The molecule has 0 amide bonds. The van der Waals surface area contributed by atoms with Gasteiger partial charge in [0.1, 0.15) is 18.1 Å². The lowest BCUT2D eigenvalue weighted by Gasteiger charge is -2.16. The Hall–Kier alpha value is -2.57. The number of hydrogen-bond acceptors (Lipinski definition) is 6. The third-order valence-corrected chi connectivity index (χ3v) is 5.55. The van der Waals surface area contributed by atoms with E-state index in [4.69, 9.17) is 24.1 Å². The van der Waals surface area contributed by atoms with Gasteiger partial charge in [-0.05, 0) is 67.0 Å². The first-order chi connectivity index (χ1) is 16.3. The number of carbonyl (C=O) groups excluding carboxylic acids is 1. The van der Waals surface area contributed by atoms with Gasteiger partial charge in [-0.2, -0.15) is 0 Å². The maximum Gasteiger partial charge on any atom is 0.302 e. The van der Waals surface area contributed by atoms with Gasteiger partial charge in [-0.1, -0.05) is 52.0 Å². The summed E-state index contributed by atoms with van der Waals surface area (Å²) in [5.74, 6) is 1.99. The number of aromatic hydroxyl groups is 1. The Bertz CT molecular complexity index is 788. The van der Waals surface area contributed by atoms with Gasteiger partial charge in [0, 0.05) is 6.92 Å². The molecule has 0 aliphatic carbocycles. The molecule has 0 aliphatic rings. The Morgan fingerprint density at radius 1 is 0.794 bits per heavy atom. The highest BCUT2D eigenvalue weighted by Crippen LogP contribution is 2.22. The highest BCUT2D eigenvalue weighted by atomic mass is 16.7. The van der Waals surface area contributed by atoms with Crippen molar-refractivity contribution in [3.63, 3.8) is 0 Å². The number of phenols is 1. The van der Waals surface area contributed by atoms with E-state index in [-0.39, 0.29) is 18.9 Å². The lowest BCUT2D eigenvalue weighted by molar-refractivity contribution is -0.142.